The molecule has 138 valence electrons. The summed E-state index contributed by atoms with van der Waals surface area (Å²) in [6.07, 6.45) is 11.7. The Morgan fingerprint density at radius 1 is 1.19 bits per heavy atom. The molecule has 0 bridgehead atoms. The first-order chi connectivity index (χ1) is 12.8. The van der Waals surface area contributed by atoms with Crippen LogP contribution in [0.5, 0.6) is 0 Å². The number of aromatic nitrogens is 2. The highest BCUT2D eigenvalue weighted by atomic mass is 32.2. The number of thioether (sulfide) groups is 1. The smallest absolute Gasteiger partial charge is 0.263 e. The van der Waals surface area contributed by atoms with Crippen LogP contribution in [0, 0.1) is 11.3 Å². The highest BCUT2D eigenvalue weighted by Crippen LogP contribution is 2.37. The second-order valence-corrected chi connectivity index (χ2v) is 9.51. The summed E-state index contributed by atoms with van der Waals surface area (Å²) in [5.74, 6) is 0.928. The molecule has 1 saturated carbocycles. The molecule has 0 unspecified atom stereocenters. The van der Waals surface area contributed by atoms with Crippen molar-refractivity contribution < 1.29 is 0 Å². The average Bonchev–Trinajstić information content (AvgIpc) is 3.29. The minimum absolute atomic E-state index is 0.209. The number of nitrogens with zero attached hydrogens (tertiary/aromatic N) is 3. The van der Waals surface area contributed by atoms with Gasteiger partial charge in [0.05, 0.1) is 11.5 Å². The molecule has 26 heavy (non-hydrogen) atoms. The molecule has 4 nitrogen and oxygen atoms in total. The summed E-state index contributed by atoms with van der Waals surface area (Å²) < 4.78 is 2.03. The molecular formula is C20H25N3OS2. The van der Waals surface area contributed by atoms with E-state index in [1.165, 1.54) is 36.1 Å². The van der Waals surface area contributed by atoms with Crippen LogP contribution in [0.25, 0.3) is 10.2 Å². The van der Waals surface area contributed by atoms with E-state index < -0.39 is 0 Å². The van der Waals surface area contributed by atoms with Crippen molar-refractivity contribution >= 4 is 33.3 Å². The summed E-state index contributed by atoms with van der Waals surface area (Å²) in [7, 11) is 0. The molecule has 0 N–H and O–H groups in total. The topological polar surface area (TPSA) is 58.7 Å². The first-order valence-electron chi connectivity index (χ1n) is 9.86. The van der Waals surface area contributed by atoms with E-state index in [0.717, 1.165) is 59.7 Å². The predicted octanol–water partition coefficient (Wildman–Crippen LogP) is 5.24. The molecule has 0 spiro atoms. The van der Waals surface area contributed by atoms with Gasteiger partial charge >= 0.3 is 0 Å². The van der Waals surface area contributed by atoms with Gasteiger partial charge in [0.1, 0.15) is 4.83 Å². The third-order valence-electron chi connectivity index (χ3n) is 5.59. The summed E-state index contributed by atoms with van der Waals surface area (Å²) in [5.41, 5.74) is 1.51. The Bertz CT molecular complexity index is 887. The lowest BCUT2D eigenvalue weighted by Gasteiger charge is -2.18. The van der Waals surface area contributed by atoms with Crippen LogP contribution < -0.4 is 5.56 Å². The Kier molecular flexibility index (Phi) is 5.66. The van der Waals surface area contributed by atoms with E-state index in [2.05, 4.69) is 6.07 Å². The molecule has 0 aliphatic heterocycles. The van der Waals surface area contributed by atoms with Crippen molar-refractivity contribution in [1.82, 2.24) is 9.55 Å². The first kappa shape index (κ1) is 18.1. The molecule has 2 aliphatic carbocycles. The molecular weight excluding hydrogens is 362 g/mol. The van der Waals surface area contributed by atoms with E-state index in [4.69, 9.17) is 10.2 Å². The zero-order chi connectivity index (χ0) is 17.9. The molecule has 0 amide bonds. The molecule has 0 aromatic carbocycles. The van der Waals surface area contributed by atoms with Gasteiger partial charge in [-0.3, -0.25) is 9.36 Å². The van der Waals surface area contributed by atoms with Crippen molar-refractivity contribution in [2.45, 2.75) is 81.8 Å². The van der Waals surface area contributed by atoms with Crippen molar-refractivity contribution in [2.24, 2.45) is 0 Å². The summed E-state index contributed by atoms with van der Waals surface area (Å²) in [5, 5.41) is 10.5. The van der Waals surface area contributed by atoms with Gasteiger partial charge in [-0.1, -0.05) is 24.6 Å². The van der Waals surface area contributed by atoms with E-state index >= 15 is 0 Å². The van der Waals surface area contributed by atoms with Crippen LogP contribution in [0.15, 0.2) is 9.95 Å². The molecule has 0 radical (unpaired) electrons. The first-order valence-corrected chi connectivity index (χ1v) is 11.7. The molecule has 6 heteroatoms. The Labute approximate surface area is 162 Å². The molecule has 1 fully saturated rings. The number of aryl methyl sites for hydroxylation is 2. The van der Waals surface area contributed by atoms with Gasteiger partial charge in [0.25, 0.3) is 5.56 Å². The Morgan fingerprint density at radius 2 is 2.00 bits per heavy atom. The fraction of sp³-hybridized carbons (Fsp3) is 0.650. The molecule has 2 aliphatic rings. The van der Waals surface area contributed by atoms with Crippen LogP contribution in [0.3, 0.4) is 0 Å². The van der Waals surface area contributed by atoms with Gasteiger partial charge < -0.3 is 0 Å². The van der Waals surface area contributed by atoms with Crippen molar-refractivity contribution in [1.29, 1.82) is 5.26 Å². The highest BCUT2D eigenvalue weighted by molar-refractivity contribution is 7.99. The number of nitriles is 1. The van der Waals surface area contributed by atoms with Crippen LogP contribution in [0.2, 0.25) is 0 Å². The molecule has 2 aromatic heterocycles. The molecule has 0 atom stereocenters. The molecule has 2 heterocycles. The largest absolute Gasteiger partial charge is 0.284 e. The van der Waals surface area contributed by atoms with Crippen molar-refractivity contribution in [3.63, 3.8) is 0 Å². The third kappa shape index (κ3) is 3.44. The van der Waals surface area contributed by atoms with Gasteiger partial charge in [0.2, 0.25) is 0 Å². The Hall–Kier alpha value is -1.32. The van der Waals surface area contributed by atoms with Crippen LogP contribution >= 0.6 is 23.1 Å². The zero-order valence-electron chi connectivity index (χ0n) is 15.1. The van der Waals surface area contributed by atoms with Crippen molar-refractivity contribution in [3.05, 3.63) is 20.8 Å². The van der Waals surface area contributed by atoms with Gasteiger partial charge in [-0.2, -0.15) is 5.26 Å². The maximum absolute atomic E-state index is 13.5. The average molecular weight is 388 g/mol. The van der Waals surface area contributed by atoms with Crippen molar-refractivity contribution in [2.75, 3.05) is 5.75 Å². The molecule has 2 aromatic rings. The third-order valence-corrected chi connectivity index (χ3v) is 7.82. The minimum atomic E-state index is 0.209. The monoisotopic (exact) mass is 387 g/mol. The number of thiophene rings is 1. The number of rotatable bonds is 6. The maximum atomic E-state index is 13.5. The van der Waals surface area contributed by atoms with E-state index in [9.17, 15) is 4.79 Å². The van der Waals surface area contributed by atoms with Crippen molar-refractivity contribution in [3.8, 4) is 6.07 Å². The number of hydrogen-bond acceptors (Lipinski definition) is 5. The van der Waals surface area contributed by atoms with E-state index in [-0.39, 0.29) is 5.56 Å². The summed E-state index contributed by atoms with van der Waals surface area (Å²) in [6.45, 7) is 0. The van der Waals surface area contributed by atoms with E-state index in [1.807, 2.05) is 4.57 Å². The van der Waals surface area contributed by atoms with Gasteiger partial charge in [0, 0.05) is 23.1 Å². The number of fused-ring (bicyclic) bond motifs is 3. The SMILES string of the molecule is N#CCCCCSc1nc2sc3c(c2c(=O)n1C1CCCC1)CCCC3. The van der Waals surface area contributed by atoms with Gasteiger partial charge in [-0.25, -0.2) is 4.98 Å². The standard InChI is InChI=1S/C20H25N3OS2/c21-12-6-1-7-13-25-20-22-18-17(15-10-4-5-11-16(15)26-18)19(24)23(20)14-8-2-3-9-14/h14H,1-11,13H2. The fourth-order valence-electron chi connectivity index (χ4n) is 4.25. The fourth-order valence-corrected chi connectivity index (χ4v) is 6.62. The lowest BCUT2D eigenvalue weighted by Crippen LogP contribution is -2.26. The van der Waals surface area contributed by atoms with Gasteiger partial charge in [0.15, 0.2) is 5.16 Å². The second-order valence-electron chi connectivity index (χ2n) is 7.36. The Balaban J connectivity index is 1.72. The van der Waals surface area contributed by atoms with Crippen LogP contribution in [-0.4, -0.2) is 15.3 Å². The van der Waals surface area contributed by atoms with Crippen LogP contribution in [-0.2, 0) is 12.8 Å². The lowest BCUT2D eigenvalue weighted by atomic mass is 9.97. The number of hydrogen-bond donors (Lipinski definition) is 0. The summed E-state index contributed by atoms with van der Waals surface area (Å²) in [6, 6.07) is 2.52. The zero-order valence-corrected chi connectivity index (χ0v) is 16.8. The minimum Gasteiger partial charge on any atom is -0.284 e. The normalized spacial score (nSPS) is 17.5. The maximum Gasteiger partial charge on any atom is 0.263 e. The second kappa shape index (κ2) is 8.14. The van der Waals surface area contributed by atoms with Gasteiger partial charge in [-0.15, -0.1) is 11.3 Å². The summed E-state index contributed by atoms with van der Waals surface area (Å²) in [4.78, 5) is 20.8. The number of unbranched alkanes of at least 4 members (excludes halogenated alkanes) is 2. The van der Waals surface area contributed by atoms with Crippen LogP contribution in [0.4, 0.5) is 0 Å². The highest BCUT2D eigenvalue weighted by Gasteiger charge is 2.26. The molecule has 0 saturated heterocycles. The molecule has 4 rings (SSSR count). The quantitative estimate of drug-likeness (QED) is 0.386. The summed E-state index contributed by atoms with van der Waals surface area (Å²) >= 11 is 3.45. The lowest BCUT2D eigenvalue weighted by molar-refractivity contribution is 0.457. The Morgan fingerprint density at radius 3 is 2.81 bits per heavy atom. The van der Waals surface area contributed by atoms with Gasteiger partial charge in [-0.05, 0) is 56.9 Å². The van der Waals surface area contributed by atoms with E-state index in [0.29, 0.717) is 12.5 Å². The van der Waals surface area contributed by atoms with E-state index in [1.54, 1.807) is 23.1 Å². The predicted molar refractivity (Wildman–Crippen MR) is 108 cm³/mol. The van der Waals surface area contributed by atoms with Crippen LogP contribution in [0.1, 0.15) is 74.3 Å².